The zero-order valence-corrected chi connectivity index (χ0v) is 10.4. The van der Waals surface area contributed by atoms with Gasteiger partial charge in [-0.3, -0.25) is 5.10 Å². The molecule has 20 heavy (non-hydrogen) atoms. The van der Waals surface area contributed by atoms with Gasteiger partial charge in [0.15, 0.2) is 0 Å². The van der Waals surface area contributed by atoms with Crippen LogP contribution in [0.25, 0.3) is 23.1 Å². The number of hydrogen-bond donors (Lipinski definition) is 2. The second kappa shape index (κ2) is 4.77. The summed E-state index contributed by atoms with van der Waals surface area (Å²) in [5, 5.41) is 7.59. The molecule has 0 atom stereocenters. The van der Waals surface area contributed by atoms with Gasteiger partial charge < -0.3 is 5.73 Å². The Morgan fingerprint density at radius 1 is 1.05 bits per heavy atom. The van der Waals surface area contributed by atoms with E-state index in [1.807, 2.05) is 0 Å². The molecule has 100 valence electrons. The maximum Gasteiger partial charge on any atom is 0.148 e. The lowest BCUT2D eigenvalue weighted by Crippen LogP contribution is -1.89. The number of H-pyrrole nitrogens is 1. The van der Waals surface area contributed by atoms with Crippen LogP contribution in [0.2, 0.25) is 0 Å². The SMILES string of the molecule is Nc1cc2c(C=Cc3ccc(F)cc3)n[nH]c2cc1F. The summed E-state index contributed by atoms with van der Waals surface area (Å²) in [4.78, 5) is 0. The molecule has 5 heteroatoms. The second-order valence-corrected chi connectivity index (χ2v) is 4.41. The van der Waals surface area contributed by atoms with Gasteiger partial charge in [-0.2, -0.15) is 5.10 Å². The zero-order valence-electron chi connectivity index (χ0n) is 10.4. The van der Waals surface area contributed by atoms with Crippen molar-refractivity contribution in [2.24, 2.45) is 0 Å². The van der Waals surface area contributed by atoms with Gasteiger partial charge in [-0.05, 0) is 29.8 Å². The number of fused-ring (bicyclic) bond motifs is 1. The highest BCUT2D eigenvalue weighted by molar-refractivity contribution is 5.91. The van der Waals surface area contributed by atoms with Crippen LogP contribution in [0.15, 0.2) is 36.4 Å². The van der Waals surface area contributed by atoms with Crippen molar-refractivity contribution in [3.8, 4) is 0 Å². The lowest BCUT2D eigenvalue weighted by atomic mass is 10.1. The molecular formula is C15H11F2N3. The number of nitrogens with two attached hydrogens (primary N) is 1. The third-order valence-corrected chi connectivity index (χ3v) is 3.01. The minimum atomic E-state index is -0.477. The molecule has 0 unspecified atom stereocenters. The Hall–Kier alpha value is -2.69. The lowest BCUT2D eigenvalue weighted by Gasteiger charge is -1.96. The van der Waals surface area contributed by atoms with Crippen LogP contribution in [0.5, 0.6) is 0 Å². The molecule has 0 aliphatic heterocycles. The molecule has 0 saturated heterocycles. The fourth-order valence-electron chi connectivity index (χ4n) is 1.95. The smallest absolute Gasteiger partial charge is 0.148 e. The summed E-state index contributed by atoms with van der Waals surface area (Å²) >= 11 is 0. The van der Waals surface area contributed by atoms with E-state index in [4.69, 9.17) is 5.73 Å². The van der Waals surface area contributed by atoms with E-state index >= 15 is 0 Å². The van der Waals surface area contributed by atoms with Gasteiger partial charge >= 0.3 is 0 Å². The highest BCUT2D eigenvalue weighted by Gasteiger charge is 2.07. The molecule has 2 aromatic carbocycles. The Labute approximate surface area is 113 Å². The highest BCUT2D eigenvalue weighted by Crippen LogP contribution is 2.23. The molecular weight excluding hydrogens is 260 g/mol. The van der Waals surface area contributed by atoms with E-state index in [9.17, 15) is 8.78 Å². The van der Waals surface area contributed by atoms with E-state index in [2.05, 4.69) is 10.2 Å². The molecule has 0 saturated carbocycles. The normalized spacial score (nSPS) is 11.5. The van der Waals surface area contributed by atoms with Gasteiger partial charge in [0.2, 0.25) is 0 Å². The average molecular weight is 271 g/mol. The molecule has 3 rings (SSSR count). The van der Waals surface area contributed by atoms with E-state index in [-0.39, 0.29) is 11.5 Å². The molecule has 0 spiro atoms. The van der Waals surface area contributed by atoms with E-state index in [0.29, 0.717) is 11.2 Å². The quantitative estimate of drug-likeness (QED) is 0.700. The Kier molecular flexibility index (Phi) is 2.95. The van der Waals surface area contributed by atoms with Crippen LogP contribution in [0.1, 0.15) is 11.3 Å². The average Bonchev–Trinajstić information content (AvgIpc) is 2.81. The molecule has 0 amide bonds. The third kappa shape index (κ3) is 2.25. The third-order valence-electron chi connectivity index (χ3n) is 3.01. The summed E-state index contributed by atoms with van der Waals surface area (Å²) in [6.07, 6.45) is 3.57. The van der Waals surface area contributed by atoms with Crippen LogP contribution in [0.4, 0.5) is 14.5 Å². The van der Waals surface area contributed by atoms with Gasteiger partial charge in [0, 0.05) is 11.5 Å². The first-order valence-corrected chi connectivity index (χ1v) is 6.00. The summed E-state index contributed by atoms with van der Waals surface area (Å²) in [5.41, 5.74) is 7.71. The number of hydrogen-bond acceptors (Lipinski definition) is 2. The maximum atomic E-state index is 13.3. The molecule has 0 radical (unpaired) electrons. The molecule has 0 aliphatic carbocycles. The Morgan fingerprint density at radius 2 is 1.80 bits per heavy atom. The number of aromatic amines is 1. The molecule has 0 aliphatic rings. The highest BCUT2D eigenvalue weighted by atomic mass is 19.1. The Balaban J connectivity index is 1.98. The predicted octanol–water partition coefficient (Wildman–Crippen LogP) is 3.59. The van der Waals surface area contributed by atoms with Gasteiger partial charge in [0.25, 0.3) is 0 Å². The molecule has 3 nitrogen and oxygen atoms in total. The monoisotopic (exact) mass is 271 g/mol. The second-order valence-electron chi connectivity index (χ2n) is 4.41. The van der Waals surface area contributed by atoms with Crippen LogP contribution in [0.3, 0.4) is 0 Å². The first-order valence-electron chi connectivity index (χ1n) is 6.00. The number of benzene rings is 2. The number of nitrogens with one attached hydrogen (secondary N) is 1. The summed E-state index contributed by atoms with van der Waals surface area (Å²) in [5.74, 6) is -0.758. The fourth-order valence-corrected chi connectivity index (χ4v) is 1.95. The Bertz CT molecular complexity index is 789. The number of anilines is 1. The molecule has 0 bridgehead atoms. The van der Waals surface area contributed by atoms with Gasteiger partial charge in [-0.1, -0.05) is 18.2 Å². The standard InChI is InChI=1S/C15H11F2N3/c16-10-4-1-9(2-5-10)3-6-14-11-7-13(18)12(17)8-15(11)20-19-14/h1-8H,18H2,(H,19,20). The molecule has 3 N–H and O–H groups in total. The van der Waals surface area contributed by atoms with Crippen molar-refractivity contribution >= 4 is 28.7 Å². The minimum Gasteiger partial charge on any atom is -0.396 e. The predicted molar refractivity (Wildman–Crippen MR) is 75.8 cm³/mol. The van der Waals surface area contributed by atoms with Crippen LogP contribution in [0, 0.1) is 11.6 Å². The molecule has 0 fully saturated rings. The fraction of sp³-hybridized carbons (Fsp3) is 0. The van der Waals surface area contributed by atoms with E-state index in [0.717, 1.165) is 10.9 Å². The van der Waals surface area contributed by atoms with Gasteiger partial charge in [-0.15, -0.1) is 0 Å². The summed E-state index contributed by atoms with van der Waals surface area (Å²) in [7, 11) is 0. The number of halogens is 2. The zero-order chi connectivity index (χ0) is 14.1. The minimum absolute atomic E-state index is 0.0790. The van der Waals surface area contributed by atoms with Gasteiger partial charge in [-0.25, -0.2) is 8.78 Å². The van der Waals surface area contributed by atoms with Crippen molar-refractivity contribution in [2.75, 3.05) is 5.73 Å². The molecule has 1 aromatic heterocycles. The molecule has 1 heterocycles. The Morgan fingerprint density at radius 3 is 2.55 bits per heavy atom. The topological polar surface area (TPSA) is 54.7 Å². The van der Waals surface area contributed by atoms with Crippen LogP contribution >= 0.6 is 0 Å². The summed E-state index contributed by atoms with van der Waals surface area (Å²) < 4.78 is 26.1. The van der Waals surface area contributed by atoms with Crippen molar-refractivity contribution in [3.05, 3.63) is 59.3 Å². The number of nitrogen functional groups attached to an aromatic ring is 1. The number of nitrogens with zero attached hydrogens (tertiary/aromatic N) is 1. The van der Waals surface area contributed by atoms with Crippen molar-refractivity contribution in [3.63, 3.8) is 0 Å². The van der Waals surface area contributed by atoms with Crippen LogP contribution in [-0.2, 0) is 0 Å². The molecule has 3 aromatic rings. The van der Waals surface area contributed by atoms with Crippen molar-refractivity contribution in [1.29, 1.82) is 0 Å². The van der Waals surface area contributed by atoms with E-state index in [1.54, 1.807) is 30.4 Å². The summed E-state index contributed by atoms with van der Waals surface area (Å²) in [6.45, 7) is 0. The van der Waals surface area contributed by atoms with Crippen molar-refractivity contribution in [1.82, 2.24) is 10.2 Å². The van der Waals surface area contributed by atoms with Crippen LogP contribution in [-0.4, -0.2) is 10.2 Å². The van der Waals surface area contributed by atoms with Gasteiger partial charge in [0.1, 0.15) is 11.6 Å². The first kappa shape index (κ1) is 12.3. The number of aromatic nitrogens is 2. The van der Waals surface area contributed by atoms with Gasteiger partial charge in [0.05, 0.1) is 16.9 Å². The van der Waals surface area contributed by atoms with Crippen LogP contribution < -0.4 is 5.73 Å². The largest absolute Gasteiger partial charge is 0.396 e. The van der Waals surface area contributed by atoms with E-state index < -0.39 is 5.82 Å². The first-order chi connectivity index (χ1) is 9.63. The summed E-state index contributed by atoms with van der Waals surface area (Å²) in [6, 6.07) is 8.94. The number of rotatable bonds is 2. The lowest BCUT2D eigenvalue weighted by molar-refractivity contribution is 0.627. The van der Waals surface area contributed by atoms with Crippen molar-refractivity contribution in [2.45, 2.75) is 0 Å². The van der Waals surface area contributed by atoms with Crippen molar-refractivity contribution < 1.29 is 8.78 Å². The van der Waals surface area contributed by atoms with E-state index in [1.165, 1.54) is 18.2 Å². The maximum absolute atomic E-state index is 13.3.